The molecule has 1 fully saturated rings. The highest BCUT2D eigenvalue weighted by Gasteiger charge is 2.20. The van der Waals surface area contributed by atoms with Crippen molar-refractivity contribution in [2.45, 2.75) is 59.8 Å². The molecule has 98 valence electrons. The van der Waals surface area contributed by atoms with E-state index >= 15 is 0 Å². The van der Waals surface area contributed by atoms with Crippen molar-refractivity contribution in [3.05, 3.63) is 33.9 Å². The Morgan fingerprint density at radius 3 is 2.00 bits per heavy atom. The van der Waals surface area contributed by atoms with Crippen LogP contribution in [0.2, 0.25) is 0 Å². The van der Waals surface area contributed by atoms with E-state index in [1.54, 1.807) is 0 Å². The average molecular weight is 244 g/mol. The molecule has 0 radical (unpaired) electrons. The number of Topliss-reactive ketones (excluding diaryl/α,β-unsaturated/α-hetero) is 1. The SMILES string of the molecule is Cc1cc(C)c(C)c(CC2CCC(=O)CC2)c1C. The Labute approximate surface area is 111 Å². The average Bonchev–Trinajstić information content (AvgIpc) is 2.34. The van der Waals surface area contributed by atoms with Crippen LogP contribution in [0.3, 0.4) is 0 Å². The van der Waals surface area contributed by atoms with E-state index in [4.69, 9.17) is 0 Å². The van der Waals surface area contributed by atoms with Crippen LogP contribution in [0.1, 0.15) is 53.5 Å². The molecule has 0 amide bonds. The van der Waals surface area contributed by atoms with Crippen LogP contribution in [-0.2, 0) is 11.2 Å². The Morgan fingerprint density at radius 2 is 1.50 bits per heavy atom. The van der Waals surface area contributed by atoms with Crippen LogP contribution in [-0.4, -0.2) is 5.78 Å². The van der Waals surface area contributed by atoms with Gasteiger partial charge in [-0.05, 0) is 80.7 Å². The lowest BCUT2D eigenvalue weighted by Gasteiger charge is -2.24. The van der Waals surface area contributed by atoms with Gasteiger partial charge in [0, 0.05) is 12.8 Å². The fourth-order valence-electron chi connectivity index (χ4n) is 3.10. The molecule has 1 aliphatic carbocycles. The molecule has 1 aromatic rings. The van der Waals surface area contributed by atoms with Gasteiger partial charge in [0.15, 0.2) is 0 Å². The molecule has 1 saturated carbocycles. The number of rotatable bonds is 2. The number of carbonyl (C=O) groups is 1. The van der Waals surface area contributed by atoms with E-state index in [0.29, 0.717) is 11.7 Å². The number of benzene rings is 1. The third-order valence-corrected chi connectivity index (χ3v) is 4.68. The summed E-state index contributed by atoms with van der Waals surface area (Å²) in [6.45, 7) is 8.89. The summed E-state index contributed by atoms with van der Waals surface area (Å²) < 4.78 is 0. The van der Waals surface area contributed by atoms with Gasteiger partial charge in [0.1, 0.15) is 5.78 Å². The third kappa shape index (κ3) is 2.66. The zero-order valence-corrected chi connectivity index (χ0v) is 12.1. The smallest absolute Gasteiger partial charge is 0.132 e. The number of ketones is 1. The summed E-state index contributed by atoms with van der Waals surface area (Å²) in [5.41, 5.74) is 7.25. The number of aryl methyl sites for hydroxylation is 2. The standard InChI is InChI=1S/C17H24O/c1-11-9-12(2)14(4)17(13(11)3)10-15-5-7-16(18)8-6-15/h9,15H,5-8,10H2,1-4H3. The Kier molecular flexibility index (Phi) is 3.89. The van der Waals surface area contributed by atoms with Gasteiger partial charge >= 0.3 is 0 Å². The topological polar surface area (TPSA) is 17.1 Å². The van der Waals surface area contributed by atoms with E-state index in [1.807, 2.05) is 0 Å². The van der Waals surface area contributed by atoms with Crippen LogP contribution in [0.15, 0.2) is 6.07 Å². The molecule has 1 heteroatoms. The van der Waals surface area contributed by atoms with E-state index in [-0.39, 0.29) is 0 Å². The third-order valence-electron chi connectivity index (χ3n) is 4.68. The first-order valence-electron chi connectivity index (χ1n) is 7.07. The minimum absolute atomic E-state index is 0.458. The van der Waals surface area contributed by atoms with Crippen molar-refractivity contribution in [2.75, 3.05) is 0 Å². The second-order valence-electron chi connectivity index (χ2n) is 5.93. The zero-order valence-electron chi connectivity index (χ0n) is 12.1. The first-order chi connectivity index (χ1) is 8.49. The Hall–Kier alpha value is -1.11. The van der Waals surface area contributed by atoms with Crippen LogP contribution in [0.25, 0.3) is 0 Å². The fourth-order valence-corrected chi connectivity index (χ4v) is 3.10. The first kappa shape index (κ1) is 13.3. The molecule has 1 aromatic carbocycles. The molecule has 0 heterocycles. The monoisotopic (exact) mass is 244 g/mol. The second kappa shape index (κ2) is 5.26. The van der Waals surface area contributed by atoms with Crippen molar-refractivity contribution in [1.29, 1.82) is 0 Å². The van der Waals surface area contributed by atoms with Crippen LogP contribution >= 0.6 is 0 Å². The molecular formula is C17H24O. The molecule has 1 aliphatic rings. The lowest BCUT2D eigenvalue weighted by molar-refractivity contribution is -0.120. The summed E-state index contributed by atoms with van der Waals surface area (Å²) in [6.07, 6.45) is 4.93. The van der Waals surface area contributed by atoms with Crippen LogP contribution < -0.4 is 0 Å². The van der Waals surface area contributed by atoms with Crippen molar-refractivity contribution >= 4 is 5.78 Å². The highest BCUT2D eigenvalue weighted by atomic mass is 16.1. The van der Waals surface area contributed by atoms with E-state index in [2.05, 4.69) is 33.8 Å². The summed E-state index contributed by atoms with van der Waals surface area (Å²) in [5.74, 6) is 1.17. The van der Waals surface area contributed by atoms with Crippen molar-refractivity contribution in [3.63, 3.8) is 0 Å². The highest BCUT2D eigenvalue weighted by molar-refractivity contribution is 5.79. The van der Waals surface area contributed by atoms with Gasteiger partial charge in [-0.2, -0.15) is 0 Å². The molecule has 1 nitrogen and oxygen atoms in total. The van der Waals surface area contributed by atoms with Crippen LogP contribution in [0, 0.1) is 33.6 Å². The van der Waals surface area contributed by atoms with Crippen molar-refractivity contribution in [2.24, 2.45) is 5.92 Å². The summed E-state index contributed by atoms with van der Waals surface area (Å²) in [5, 5.41) is 0. The predicted octanol–water partition coefficient (Wildman–Crippen LogP) is 4.22. The van der Waals surface area contributed by atoms with Gasteiger partial charge in [-0.15, -0.1) is 0 Å². The van der Waals surface area contributed by atoms with Gasteiger partial charge in [0.2, 0.25) is 0 Å². The molecule has 18 heavy (non-hydrogen) atoms. The van der Waals surface area contributed by atoms with Gasteiger partial charge < -0.3 is 0 Å². The summed E-state index contributed by atoms with van der Waals surface area (Å²) >= 11 is 0. The molecule has 0 saturated heterocycles. The molecule has 0 atom stereocenters. The van der Waals surface area contributed by atoms with E-state index in [1.165, 1.54) is 27.8 Å². The number of hydrogen-bond donors (Lipinski definition) is 0. The minimum Gasteiger partial charge on any atom is -0.300 e. The summed E-state index contributed by atoms with van der Waals surface area (Å²) in [7, 11) is 0. The van der Waals surface area contributed by atoms with E-state index in [9.17, 15) is 4.79 Å². The molecule has 0 aliphatic heterocycles. The molecular weight excluding hydrogens is 220 g/mol. The lowest BCUT2D eigenvalue weighted by Crippen LogP contribution is -2.17. The maximum Gasteiger partial charge on any atom is 0.132 e. The van der Waals surface area contributed by atoms with Crippen LogP contribution in [0.5, 0.6) is 0 Å². The van der Waals surface area contributed by atoms with Crippen molar-refractivity contribution in [3.8, 4) is 0 Å². The van der Waals surface area contributed by atoms with Crippen molar-refractivity contribution in [1.82, 2.24) is 0 Å². The fraction of sp³-hybridized carbons (Fsp3) is 0.588. The van der Waals surface area contributed by atoms with Gasteiger partial charge in [0.25, 0.3) is 0 Å². The normalized spacial score (nSPS) is 17.2. The van der Waals surface area contributed by atoms with Gasteiger partial charge in [-0.25, -0.2) is 0 Å². The summed E-state index contributed by atoms with van der Waals surface area (Å²) in [4.78, 5) is 11.3. The molecule has 0 unspecified atom stereocenters. The summed E-state index contributed by atoms with van der Waals surface area (Å²) in [6, 6.07) is 2.29. The first-order valence-corrected chi connectivity index (χ1v) is 7.07. The molecule has 0 aromatic heterocycles. The minimum atomic E-state index is 0.458. The van der Waals surface area contributed by atoms with Gasteiger partial charge in [-0.3, -0.25) is 4.79 Å². The second-order valence-corrected chi connectivity index (χ2v) is 5.93. The Balaban J connectivity index is 2.21. The number of carbonyl (C=O) groups excluding carboxylic acids is 1. The molecule has 0 spiro atoms. The van der Waals surface area contributed by atoms with Crippen LogP contribution in [0.4, 0.5) is 0 Å². The van der Waals surface area contributed by atoms with Crippen molar-refractivity contribution < 1.29 is 4.79 Å². The van der Waals surface area contributed by atoms with Gasteiger partial charge in [0.05, 0.1) is 0 Å². The van der Waals surface area contributed by atoms with E-state index in [0.717, 1.165) is 32.1 Å². The maximum atomic E-state index is 11.3. The lowest BCUT2D eigenvalue weighted by atomic mass is 9.81. The van der Waals surface area contributed by atoms with E-state index < -0.39 is 0 Å². The Morgan fingerprint density at radius 1 is 1.00 bits per heavy atom. The number of hydrogen-bond acceptors (Lipinski definition) is 1. The zero-order chi connectivity index (χ0) is 13.3. The maximum absolute atomic E-state index is 11.3. The van der Waals surface area contributed by atoms with Gasteiger partial charge in [-0.1, -0.05) is 6.07 Å². The largest absolute Gasteiger partial charge is 0.300 e. The quantitative estimate of drug-likeness (QED) is 0.761. The molecule has 0 N–H and O–H groups in total. The predicted molar refractivity (Wildman–Crippen MR) is 76.1 cm³/mol. The Bertz CT molecular complexity index is 435. The molecule has 2 rings (SSSR count). The highest BCUT2D eigenvalue weighted by Crippen LogP contribution is 2.30. The molecule has 0 bridgehead atoms.